The number of hydrogen-bond acceptors (Lipinski definition) is 3. The lowest BCUT2D eigenvalue weighted by Gasteiger charge is -2.22. The Morgan fingerprint density at radius 2 is 1.22 bits per heavy atom. The standard InChI is InChI=1S/C29H38O3.C10H8.C3H6O.C2H5F/c1-5-14-27(29(30)31)26(24-16-9-7-10-17-24)20-13-15-22(3)21-32-28(23(4)6-2)25-18-11-8-12-19-25;1-2-6-10-8-4-3-7-9(10)5-1;1-3(2)4;1-2-3/h7-13,16-20,22,26-27H,5-6,14-15,21H2,1-4H3,(H,30,31);1-8H;1-2H3;2H2,1H3/b20-13+,28-23-;;;. The number of ketones is 1. The quantitative estimate of drug-likeness (QED) is 0.114. The molecule has 4 aromatic rings. The van der Waals surface area contributed by atoms with Gasteiger partial charge >= 0.3 is 5.97 Å². The number of carboxylic acid groups (broad SMARTS) is 1. The molecular formula is C44H57FO4. The maximum absolute atomic E-state index is 11.9. The summed E-state index contributed by atoms with van der Waals surface area (Å²) < 4.78 is 16.6. The topological polar surface area (TPSA) is 63.6 Å². The third-order valence-corrected chi connectivity index (χ3v) is 7.54. The summed E-state index contributed by atoms with van der Waals surface area (Å²) in [5, 5.41) is 12.4. The molecule has 0 heterocycles. The first-order chi connectivity index (χ1) is 23.6. The van der Waals surface area contributed by atoms with Crippen LogP contribution in [0.5, 0.6) is 0 Å². The van der Waals surface area contributed by atoms with E-state index in [-0.39, 0.29) is 18.4 Å². The maximum atomic E-state index is 11.9. The van der Waals surface area contributed by atoms with Gasteiger partial charge in [-0.2, -0.15) is 0 Å². The van der Waals surface area contributed by atoms with Crippen LogP contribution in [0.3, 0.4) is 0 Å². The van der Waals surface area contributed by atoms with E-state index < -0.39 is 11.9 Å². The van der Waals surface area contributed by atoms with Crippen LogP contribution in [0.4, 0.5) is 4.39 Å². The summed E-state index contributed by atoms with van der Waals surface area (Å²) in [4.78, 5) is 21.4. The summed E-state index contributed by atoms with van der Waals surface area (Å²) in [7, 11) is 0. The van der Waals surface area contributed by atoms with Crippen molar-refractivity contribution in [2.45, 2.75) is 80.1 Å². The Morgan fingerprint density at radius 3 is 1.65 bits per heavy atom. The molecule has 0 aliphatic carbocycles. The Hall–Kier alpha value is -4.51. The van der Waals surface area contributed by atoms with Gasteiger partial charge in [-0.05, 0) is 74.8 Å². The molecule has 0 fully saturated rings. The van der Waals surface area contributed by atoms with E-state index in [1.165, 1.54) is 37.1 Å². The number of aliphatic carboxylic acids is 1. The fourth-order valence-electron chi connectivity index (χ4n) is 5.01. The molecule has 1 N–H and O–H groups in total. The summed E-state index contributed by atoms with van der Waals surface area (Å²) in [5.74, 6) is 0.198. The van der Waals surface area contributed by atoms with E-state index in [2.05, 4.69) is 93.6 Å². The minimum absolute atomic E-state index is 0.121. The first-order valence-electron chi connectivity index (χ1n) is 17.4. The van der Waals surface area contributed by atoms with Crippen molar-refractivity contribution in [1.29, 1.82) is 0 Å². The summed E-state index contributed by atoms with van der Waals surface area (Å²) in [6.07, 6.45) is 7.53. The smallest absolute Gasteiger partial charge is 0.307 e. The fraction of sp³-hybridized carbons (Fsp3) is 0.364. The highest BCUT2D eigenvalue weighted by atomic mass is 19.1. The Labute approximate surface area is 294 Å². The van der Waals surface area contributed by atoms with Crippen molar-refractivity contribution in [3.63, 3.8) is 0 Å². The first-order valence-corrected chi connectivity index (χ1v) is 17.4. The van der Waals surface area contributed by atoms with E-state index >= 15 is 0 Å². The van der Waals surface area contributed by atoms with Crippen LogP contribution in [-0.4, -0.2) is 30.1 Å². The van der Waals surface area contributed by atoms with Gasteiger partial charge in [0.25, 0.3) is 0 Å². The lowest BCUT2D eigenvalue weighted by atomic mass is 9.82. The van der Waals surface area contributed by atoms with Gasteiger partial charge < -0.3 is 14.6 Å². The van der Waals surface area contributed by atoms with Gasteiger partial charge in [0.2, 0.25) is 0 Å². The van der Waals surface area contributed by atoms with Crippen molar-refractivity contribution in [2.24, 2.45) is 11.8 Å². The molecule has 0 aliphatic heterocycles. The number of fused-ring (bicyclic) bond motifs is 1. The molecule has 0 spiro atoms. The van der Waals surface area contributed by atoms with Gasteiger partial charge in [0.15, 0.2) is 0 Å². The molecular weight excluding hydrogens is 611 g/mol. The molecule has 0 bridgehead atoms. The summed E-state index contributed by atoms with van der Waals surface area (Å²) >= 11 is 0. The highest BCUT2D eigenvalue weighted by Gasteiger charge is 2.26. The van der Waals surface area contributed by atoms with Crippen molar-refractivity contribution in [2.75, 3.05) is 13.3 Å². The van der Waals surface area contributed by atoms with Crippen molar-refractivity contribution in [3.05, 3.63) is 138 Å². The zero-order valence-corrected chi connectivity index (χ0v) is 30.6. The van der Waals surface area contributed by atoms with Gasteiger partial charge in [-0.25, -0.2) is 0 Å². The number of allylic oxidation sites excluding steroid dienone is 3. The van der Waals surface area contributed by atoms with Crippen LogP contribution in [0, 0.1) is 11.8 Å². The minimum Gasteiger partial charge on any atom is -0.493 e. The number of carbonyl (C=O) groups excluding carboxylic acids is 1. The summed E-state index contributed by atoms with van der Waals surface area (Å²) in [6, 6.07) is 36.9. The van der Waals surface area contributed by atoms with Gasteiger partial charge in [-0.15, -0.1) is 0 Å². The van der Waals surface area contributed by atoms with Crippen LogP contribution in [0.2, 0.25) is 0 Å². The van der Waals surface area contributed by atoms with Crippen LogP contribution in [0.25, 0.3) is 16.5 Å². The number of Topliss-reactive ketones (excluding diaryl/α,β-unsaturated/α-hetero) is 1. The van der Waals surface area contributed by atoms with Crippen molar-refractivity contribution in [1.82, 2.24) is 0 Å². The molecule has 0 aromatic heterocycles. The van der Waals surface area contributed by atoms with E-state index in [4.69, 9.17) is 4.74 Å². The highest BCUT2D eigenvalue weighted by Crippen LogP contribution is 2.31. The second-order valence-electron chi connectivity index (χ2n) is 12.1. The fourth-order valence-corrected chi connectivity index (χ4v) is 5.01. The molecule has 3 unspecified atom stereocenters. The van der Waals surface area contributed by atoms with Crippen LogP contribution in [0.15, 0.2) is 127 Å². The lowest BCUT2D eigenvalue weighted by Crippen LogP contribution is -2.21. The maximum Gasteiger partial charge on any atom is 0.307 e. The number of rotatable bonds is 13. The number of alkyl halides is 1. The lowest BCUT2D eigenvalue weighted by molar-refractivity contribution is -0.142. The van der Waals surface area contributed by atoms with E-state index in [9.17, 15) is 19.1 Å². The molecule has 264 valence electrons. The van der Waals surface area contributed by atoms with E-state index in [0.29, 0.717) is 18.9 Å². The van der Waals surface area contributed by atoms with Gasteiger partial charge in [0.05, 0.1) is 19.2 Å². The number of carboxylic acids is 1. The molecule has 4 nitrogen and oxygen atoms in total. The number of halogens is 1. The number of hydrogen-bond donors (Lipinski definition) is 1. The SMILES string of the molecule is CC(C)=O.CCCC(C(=O)O)C(/C=C/CC(C)CO/C(=C(/C)CC)c1ccccc1)c1ccccc1.CCF.c1ccc2ccccc2c1. The van der Waals surface area contributed by atoms with Gasteiger partial charge in [-0.3, -0.25) is 9.18 Å². The summed E-state index contributed by atoms with van der Waals surface area (Å²) in [5.41, 5.74) is 3.41. The molecule has 0 saturated carbocycles. The van der Waals surface area contributed by atoms with Gasteiger partial charge in [0, 0.05) is 11.5 Å². The molecule has 0 amide bonds. The Bertz CT molecular complexity index is 1460. The van der Waals surface area contributed by atoms with Crippen molar-refractivity contribution < 1.29 is 23.8 Å². The van der Waals surface area contributed by atoms with Crippen LogP contribution < -0.4 is 0 Å². The highest BCUT2D eigenvalue weighted by molar-refractivity contribution is 5.82. The Balaban J connectivity index is 0.000000572. The molecule has 0 saturated heterocycles. The molecule has 5 heteroatoms. The summed E-state index contributed by atoms with van der Waals surface area (Å²) in [6.45, 7) is 13.4. The average molecular weight is 669 g/mol. The van der Waals surface area contributed by atoms with Crippen molar-refractivity contribution in [3.8, 4) is 0 Å². The number of ether oxygens (including phenoxy) is 1. The first kappa shape index (κ1) is 42.5. The predicted octanol–water partition coefficient (Wildman–Crippen LogP) is 12.1. The second-order valence-corrected chi connectivity index (χ2v) is 12.1. The third-order valence-electron chi connectivity index (χ3n) is 7.54. The second kappa shape index (κ2) is 25.5. The van der Waals surface area contributed by atoms with Gasteiger partial charge in [-0.1, -0.05) is 149 Å². The predicted molar refractivity (Wildman–Crippen MR) is 205 cm³/mol. The monoisotopic (exact) mass is 668 g/mol. The molecule has 49 heavy (non-hydrogen) atoms. The molecule has 4 rings (SSSR count). The minimum atomic E-state index is -0.727. The van der Waals surface area contributed by atoms with Crippen LogP contribution in [-0.2, 0) is 14.3 Å². The molecule has 0 radical (unpaired) electrons. The normalized spacial score (nSPS) is 12.8. The Kier molecular flexibility index (Phi) is 22.1. The van der Waals surface area contributed by atoms with Gasteiger partial charge in [0.1, 0.15) is 11.5 Å². The molecule has 4 aromatic carbocycles. The van der Waals surface area contributed by atoms with Crippen LogP contribution >= 0.6 is 0 Å². The number of benzene rings is 4. The van der Waals surface area contributed by atoms with Crippen molar-refractivity contribution >= 4 is 28.3 Å². The average Bonchev–Trinajstić information content (AvgIpc) is 3.10. The van der Waals surface area contributed by atoms with Crippen LogP contribution in [0.1, 0.15) is 91.2 Å². The van der Waals surface area contributed by atoms with E-state index in [1.807, 2.05) is 55.5 Å². The molecule has 0 aliphatic rings. The largest absolute Gasteiger partial charge is 0.493 e. The third kappa shape index (κ3) is 17.5. The Morgan fingerprint density at radius 1 is 0.776 bits per heavy atom. The number of carbonyl (C=O) groups is 2. The van der Waals surface area contributed by atoms with E-state index in [0.717, 1.165) is 36.1 Å². The van der Waals surface area contributed by atoms with E-state index in [1.54, 1.807) is 0 Å². The molecule has 3 atom stereocenters. The zero-order valence-electron chi connectivity index (χ0n) is 30.6. The zero-order chi connectivity index (χ0) is 36.4.